The summed E-state index contributed by atoms with van der Waals surface area (Å²) in [6, 6.07) is 17.4. The molecule has 3 aromatic rings. The standard InChI is InChI=1S/C18H19N3/c1-13-7-2-3-8-14(13)17-11-6-12-21(17)18-19-15-9-4-5-10-16(15)20-18/h2-5,7-10,17H,6,11-12H2,1H3,(H,19,20). The van der Waals surface area contributed by atoms with Crippen LogP contribution in [0.1, 0.15) is 30.0 Å². The number of H-pyrrole nitrogens is 1. The van der Waals surface area contributed by atoms with Crippen LogP contribution in [0, 0.1) is 6.92 Å². The average Bonchev–Trinajstić information content (AvgIpc) is 3.13. The van der Waals surface area contributed by atoms with Gasteiger partial charge in [0.2, 0.25) is 5.95 Å². The Labute approximate surface area is 124 Å². The minimum Gasteiger partial charge on any atom is -0.335 e. The maximum atomic E-state index is 4.77. The van der Waals surface area contributed by atoms with Crippen molar-refractivity contribution in [1.29, 1.82) is 0 Å². The van der Waals surface area contributed by atoms with Crippen molar-refractivity contribution >= 4 is 17.0 Å². The summed E-state index contributed by atoms with van der Waals surface area (Å²) in [5.74, 6) is 1.00. The molecule has 4 rings (SSSR count). The summed E-state index contributed by atoms with van der Waals surface area (Å²) in [6.07, 6.45) is 2.41. The number of hydrogen-bond acceptors (Lipinski definition) is 2. The van der Waals surface area contributed by atoms with Gasteiger partial charge in [0, 0.05) is 6.54 Å². The topological polar surface area (TPSA) is 31.9 Å². The molecule has 0 spiro atoms. The van der Waals surface area contributed by atoms with E-state index >= 15 is 0 Å². The average molecular weight is 277 g/mol. The molecule has 1 aromatic heterocycles. The Morgan fingerprint density at radius 2 is 1.90 bits per heavy atom. The summed E-state index contributed by atoms with van der Waals surface area (Å²) in [5.41, 5.74) is 4.95. The molecule has 3 nitrogen and oxygen atoms in total. The number of fused-ring (bicyclic) bond motifs is 1. The summed E-state index contributed by atoms with van der Waals surface area (Å²) in [6.45, 7) is 3.27. The van der Waals surface area contributed by atoms with Crippen molar-refractivity contribution < 1.29 is 0 Å². The van der Waals surface area contributed by atoms with Gasteiger partial charge in [0.15, 0.2) is 0 Å². The molecule has 1 fully saturated rings. The zero-order valence-corrected chi connectivity index (χ0v) is 12.2. The number of benzene rings is 2. The van der Waals surface area contributed by atoms with E-state index < -0.39 is 0 Å². The molecule has 2 heterocycles. The minimum absolute atomic E-state index is 0.437. The second-order valence-corrected chi connectivity index (χ2v) is 5.79. The smallest absolute Gasteiger partial charge is 0.204 e. The van der Waals surface area contributed by atoms with E-state index in [0.717, 1.165) is 23.5 Å². The second-order valence-electron chi connectivity index (χ2n) is 5.79. The predicted molar refractivity (Wildman–Crippen MR) is 86.6 cm³/mol. The van der Waals surface area contributed by atoms with Crippen molar-refractivity contribution in [2.24, 2.45) is 0 Å². The minimum atomic E-state index is 0.437. The predicted octanol–water partition coefficient (Wildman–Crippen LogP) is 4.21. The van der Waals surface area contributed by atoms with Crippen LogP contribution < -0.4 is 4.90 Å². The van der Waals surface area contributed by atoms with Crippen LogP contribution in [-0.4, -0.2) is 16.5 Å². The molecule has 3 heteroatoms. The highest BCUT2D eigenvalue weighted by Crippen LogP contribution is 2.36. The highest BCUT2D eigenvalue weighted by Gasteiger charge is 2.29. The maximum absolute atomic E-state index is 4.77. The van der Waals surface area contributed by atoms with E-state index in [-0.39, 0.29) is 0 Å². The van der Waals surface area contributed by atoms with Crippen molar-refractivity contribution in [1.82, 2.24) is 9.97 Å². The van der Waals surface area contributed by atoms with Crippen LogP contribution in [0.15, 0.2) is 48.5 Å². The number of nitrogens with zero attached hydrogens (tertiary/aromatic N) is 2. The van der Waals surface area contributed by atoms with Gasteiger partial charge < -0.3 is 9.88 Å². The molecular weight excluding hydrogens is 258 g/mol. The lowest BCUT2D eigenvalue weighted by Gasteiger charge is -2.25. The fraction of sp³-hybridized carbons (Fsp3) is 0.278. The van der Waals surface area contributed by atoms with Crippen LogP contribution in [-0.2, 0) is 0 Å². The van der Waals surface area contributed by atoms with Gasteiger partial charge in [-0.25, -0.2) is 4.98 Å². The van der Waals surface area contributed by atoms with Crippen LogP contribution in [0.3, 0.4) is 0 Å². The lowest BCUT2D eigenvalue weighted by atomic mass is 9.99. The molecule has 1 unspecified atom stereocenters. The summed E-state index contributed by atoms with van der Waals surface area (Å²) < 4.78 is 0. The van der Waals surface area contributed by atoms with Gasteiger partial charge in [-0.2, -0.15) is 0 Å². The lowest BCUT2D eigenvalue weighted by Crippen LogP contribution is -2.24. The van der Waals surface area contributed by atoms with Gasteiger partial charge >= 0.3 is 0 Å². The van der Waals surface area contributed by atoms with Crippen molar-refractivity contribution in [3.8, 4) is 0 Å². The van der Waals surface area contributed by atoms with Crippen molar-refractivity contribution in [3.05, 3.63) is 59.7 Å². The Kier molecular flexibility index (Phi) is 2.92. The molecule has 0 amide bonds. The molecule has 0 radical (unpaired) electrons. The molecule has 1 saturated heterocycles. The second kappa shape index (κ2) is 4.92. The number of anilines is 1. The normalized spacial score (nSPS) is 18.5. The zero-order chi connectivity index (χ0) is 14.2. The van der Waals surface area contributed by atoms with Crippen molar-refractivity contribution in [2.75, 3.05) is 11.4 Å². The molecule has 0 aliphatic carbocycles. The number of aromatic amines is 1. The quantitative estimate of drug-likeness (QED) is 0.760. The van der Waals surface area contributed by atoms with Gasteiger partial charge in [0.05, 0.1) is 17.1 Å². The summed E-state index contributed by atoms with van der Waals surface area (Å²) >= 11 is 0. The molecule has 1 aliphatic rings. The third kappa shape index (κ3) is 2.09. The van der Waals surface area contributed by atoms with Gasteiger partial charge in [-0.05, 0) is 43.0 Å². The highest BCUT2D eigenvalue weighted by molar-refractivity contribution is 5.77. The first-order valence-corrected chi connectivity index (χ1v) is 7.60. The third-order valence-electron chi connectivity index (χ3n) is 4.45. The summed E-state index contributed by atoms with van der Waals surface area (Å²) in [5, 5.41) is 0. The Morgan fingerprint density at radius 3 is 2.76 bits per heavy atom. The molecule has 106 valence electrons. The van der Waals surface area contributed by atoms with Crippen molar-refractivity contribution in [2.45, 2.75) is 25.8 Å². The number of imidazole rings is 1. The van der Waals surface area contributed by atoms with E-state index in [0.29, 0.717) is 6.04 Å². The first-order chi connectivity index (χ1) is 10.3. The highest BCUT2D eigenvalue weighted by atomic mass is 15.3. The molecule has 0 bridgehead atoms. The number of hydrogen-bond donors (Lipinski definition) is 1. The Balaban J connectivity index is 1.75. The largest absolute Gasteiger partial charge is 0.335 e. The van der Waals surface area contributed by atoms with Gasteiger partial charge in [0.25, 0.3) is 0 Å². The first kappa shape index (κ1) is 12.5. The fourth-order valence-corrected chi connectivity index (χ4v) is 3.38. The van der Waals surface area contributed by atoms with Crippen LogP contribution in [0.5, 0.6) is 0 Å². The zero-order valence-electron chi connectivity index (χ0n) is 12.2. The first-order valence-electron chi connectivity index (χ1n) is 7.60. The van der Waals surface area contributed by atoms with Gasteiger partial charge in [0.1, 0.15) is 0 Å². The maximum Gasteiger partial charge on any atom is 0.204 e. The Bertz CT molecular complexity index is 742. The third-order valence-corrected chi connectivity index (χ3v) is 4.45. The SMILES string of the molecule is Cc1ccccc1C1CCCN1c1nc2ccccc2[nH]1. The molecule has 1 atom stereocenters. The summed E-state index contributed by atoms with van der Waals surface area (Å²) in [4.78, 5) is 10.7. The monoisotopic (exact) mass is 277 g/mol. The van der Waals surface area contributed by atoms with E-state index in [4.69, 9.17) is 4.98 Å². The van der Waals surface area contributed by atoms with Crippen LogP contribution in [0.4, 0.5) is 5.95 Å². The van der Waals surface area contributed by atoms with Gasteiger partial charge in [-0.15, -0.1) is 0 Å². The fourth-order valence-electron chi connectivity index (χ4n) is 3.38. The van der Waals surface area contributed by atoms with E-state index in [1.54, 1.807) is 0 Å². The van der Waals surface area contributed by atoms with Crippen LogP contribution >= 0.6 is 0 Å². The van der Waals surface area contributed by atoms with E-state index in [2.05, 4.69) is 53.2 Å². The van der Waals surface area contributed by atoms with E-state index in [1.165, 1.54) is 24.0 Å². The Morgan fingerprint density at radius 1 is 1.10 bits per heavy atom. The van der Waals surface area contributed by atoms with Crippen molar-refractivity contribution in [3.63, 3.8) is 0 Å². The number of aromatic nitrogens is 2. The lowest BCUT2D eigenvalue weighted by molar-refractivity contribution is 0.702. The van der Waals surface area contributed by atoms with Gasteiger partial charge in [-0.1, -0.05) is 36.4 Å². The van der Waals surface area contributed by atoms with E-state index in [1.807, 2.05) is 12.1 Å². The molecule has 21 heavy (non-hydrogen) atoms. The molecule has 2 aromatic carbocycles. The molecule has 1 N–H and O–H groups in total. The summed E-state index contributed by atoms with van der Waals surface area (Å²) in [7, 11) is 0. The molecule has 0 saturated carbocycles. The Hall–Kier alpha value is -2.29. The van der Waals surface area contributed by atoms with Crippen LogP contribution in [0.2, 0.25) is 0 Å². The molecular formula is C18H19N3. The molecule has 1 aliphatic heterocycles. The number of nitrogens with one attached hydrogen (secondary N) is 1. The van der Waals surface area contributed by atoms with E-state index in [9.17, 15) is 0 Å². The van der Waals surface area contributed by atoms with Crippen LogP contribution in [0.25, 0.3) is 11.0 Å². The number of aryl methyl sites for hydroxylation is 1. The van der Waals surface area contributed by atoms with Gasteiger partial charge in [-0.3, -0.25) is 0 Å². The number of para-hydroxylation sites is 2. The number of rotatable bonds is 2.